The number of ether oxygens (including phenoxy) is 1. The van der Waals surface area contributed by atoms with Gasteiger partial charge in [-0.05, 0) is 66.8 Å². The predicted molar refractivity (Wildman–Crippen MR) is 109 cm³/mol. The molecule has 0 aliphatic rings. The summed E-state index contributed by atoms with van der Waals surface area (Å²) in [5.41, 5.74) is 3.26. The van der Waals surface area contributed by atoms with Crippen molar-refractivity contribution in [3.05, 3.63) is 83.6 Å². The van der Waals surface area contributed by atoms with Crippen LogP contribution in [0.5, 0.6) is 5.75 Å². The summed E-state index contributed by atoms with van der Waals surface area (Å²) in [6, 6.07) is 19.5. The lowest BCUT2D eigenvalue weighted by molar-refractivity contribution is -0.113. The molecule has 2 aromatic carbocycles. The largest absolute Gasteiger partial charge is 0.490 e. The number of halogens is 1. The van der Waals surface area contributed by atoms with Crippen molar-refractivity contribution in [2.75, 3.05) is 0 Å². The topological polar surface area (TPSA) is 39.2 Å². The molecule has 0 aliphatic carbocycles. The average Bonchev–Trinajstić information content (AvgIpc) is 2.70. The fraction of sp³-hybridized carbons (Fsp3) is 0.217. The minimum atomic E-state index is -0.198. The maximum Gasteiger partial charge on any atom is 0.126 e. The average molecular weight is 380 g/mol. The van der Waals surface area contributed by atoms with Crippen molar-refractivity contribution in [2.24, 2.45) is 5.92 Å². The van der Waals surface area contributed by atoms with E-state index in [2.05, 4.69) is 4.98 Å². The number of aryl methyl sites for hydroxylation is 1. The van der Waals surface area contributed by atoms with Gasteiger partial charge in [0.1, 0.15) is 18.1 Å². The number of aromatic nitrogens is 1. The van der Waals surface area contributed by atoms with E-state index in [1.54, 1.807) is 6.20 Å². The first kappa shape index (κ1) is 19.1. The van der Waals surface area contributed by atoms with Crippen LogP contribution in [0.25, 0.3) is 11.1 Å². The van der Waals surface area contributed by atoms with Crippen LogP contribution < -0.4 is 4.74 Å². The van der Waals surface area contributed by atoms with Crippen molar-refractivity contribution in [3.63, 3.8) is 0 Å². The molecular weight excluding hydrogens is 358 g/mol. The molecule has 0 saturated carbocycles. The monoisotopic (exact) mass is 379 g/mol. The van der Waals surface area contributed by atoms with Crippen molar-refractivity contribution >= 4 is 17.9 Å². The van der Waals surface area contributed by atoms with Crippen molar-refractivity contribution in [2.45, 2.75) is 25.9 Å². The van der Waals surface area contributed by atoms with E-state index in [0.717, 1.165) is 41.6 Å². The number of nitrogens with zero attached hydrogens (tertiary/aromatic N) is 1. The van der Waals surface area contributed by atoms with E-state index in [4.69, 9.17) is 16.3 Å². The summed E-state index contributed by atoms with van der Waals surface area (Å²) in [7, 11) is 0. The highest BCUT2D eigenvalue weighted by Gasteiger charge is 2.18. The van der Waals surface area contributed by atoms with Crippen LogP contribution in [-0.2, 0) is 11.2 Å². The molecule has 2 atom stereocenters. The normalized spacial score (nSPS) is 13.0. The quantitative estimate of drug-likeness (QED) is 0.477. The van der Waals surface area contributed by atoms with Gasteiger partial charge in [0, 0.05) is 17.4 Å². The van der Waals surface area contributed by atoms with Crippen LogP contribution in [0, 0.1) is 5.92 Å². The van der Waals surface area contributed by atoms with Crippen molar-refractivity contribution in [1.29, 1.82) is 0 Å². The molecule has 1 aromatic heterocycles. The maximum absolute atomic E-state index is 11.5. The fourth-order valence-corrected chi connectivity index (χ4v) is 3.18. The lowest BCUT2D eigenvalue weighted by atomic mass is 9.97. The summed E-state index contributed by atoms with van der Waals surface area (Å²) in [4.78, 5) is 15.6. The van der Waals surface area contributed by atoms with Gasteiger partial charge in [0.15, 0.2) is 0 Å². The maximum atomic E-state index is 11.5. The van der Waals surface area contributed by atoms with Crippen molar-refractivity contribution < 1.29 is 9.53 Å². The van der Waals surface area contributed by atoms with Gasteiger partial charge in [-0.3, -0.25) is 4.98 Å². The fourth-order valence-electron chi connectivity index (χ4n) is 2.99. The van der Waals surface area contributed by atoms with E-state index in [1.807, 2.05) is 73.8 Å². The van der Waals surface area contributed by atoms with Gasteiger partial charge in [-0.25, -0.2) is 0 Å². The lowest BCUT2D eigenvalue weighted by Crippen LogP contribution is -2.25. The van der Waals surface area contributed by atoms with Crippen molar-refractivity contribution in [3.8, 4) is 16.9 Å². The molecule has 0 bridgehead atoms. The molecule has 1 heterocycles. The van der Waals surface area contributed by atoms with Crippen LogP contribution in [0.2, 0.25) is 5.02 Å². The summed E-state index contributed by atoms with van der Waals surface area (Å²) in [5.74, 6) is 0.583. The lowest BCUT2D eigenvalue weighted by Gasteiger charge is -2.20. The molecule has 3 nitrogen and oxygen atoms in total. The minimum absolute atomic E-state index is 0.169. The molecule has 3 aromatic rings. The van der Waals surface area contributed by atoms with E-state index in [0.29, 0.717) is 5.02 Å². The standard InChI is InChI=1S/C23H22ClNO2/c1-17(21(16-26)8-7-18-4-3-13-25-15-18)27-23-11-9-19(10-12-23)20-5-2-6-22(24)14-20/h2-6,9-17,21H,7-8H2,1H3/t17-,21?/m0/s1. The second kappa shape index (κ2) is 9.33. The Kier molecular flexibility index (Phi) is 6.61. The van der Waals surface area contributed by atoms with Crippen LogP contribution in [-0.4, -0.2) is 17.4 Å². The van der Waals surface area contributed by atoms with Gasteiger partial charge < -0.3 is 9.53 Å². The van der Waals surface area contributed by atoms with E-state index < -0.39 is 0 Å². The highest BCUT2D eigenvalue weighted by atomic mass is 35.5. The zero-order valence-electron chi connectivity index (χ0n) is 15.2. The molecule has 138 valence electrons. The Balaban J connectivity index is 1.60. The number of rotatable bonds is 8. The summed E-state index contributed by atoms with van der Waals surface area (Å²) < 4.78 is 6.00. The van der Waals surface area contributed by atoms with Gasteiger partial charge >= 0.3 is 0 Å². The second-order valence-corrected chi connectivity index (χ2v) is 6.99. The second-order valence-electron chi connectivity index (χ2n) is 6.56. The predicted octanol–water partition coefficient (Wildman–Crippen LogP) is 5.62. The number of benzene rings is 2. The Morgan fingerprint density at radius 2 is 1.89 bits per heavy atom. The third kappa shape index (κ3) is 5.41. The van der Waals surface area contributed by atoms with Crippen LogP contribution in [0.4, 0.5) is 0 Å². The SMILES string of the molecule is C[C@H](Oc1ccc(-c2cccc(Cl)c2)cc1)C(C=O)CCc1cccnc1. The van der Waals surface area contributed by atoms with Gasteiger partial charge in [-0.2, -0.15) is 0 Å². The van der Waals surface area contributed by atoms with E-state index in [9.17, 15) is 4.79 Å². The molecule has 3 rings (SSSR count). The molecule has 0 saturated heterocycles. The Hall–Kier alpha value is -2.65. The molecule has 0 fully saturated rings. The highest BCUT2D eigenvalue weighted by molar-refractivity contribution is 6.30. The molecular formula is C23H22ClNO2. The van der Waals surface area contributed by atoms with Gasteiger partial charge in [0.2, 0.25) is 0 Å². The van der Waals surface area contributed by atoms with Gasteiger partial charge in [-0.1, -0.05) is 41.9 Å². The van der Waals surface area contributed by atoms with Crippen LogP contribution in [0.1, 0.15) is 18.9 Å². The molecule has 4 heteroatoms. The number of pyridine rings is 1. The zero-order valence-corrected chi connectivity index (χ0v) is 16.0. The third-order valence-corrected chi connectivity index (χ3v) is 4.84. The molecule has 0 aliphatic heterocycles. The smallest absolute Gasteiger partial charge is 0.126 e. The number of hydrogen-bond acceptors (Lipinski definition) is 3. The number of carbonyl (C=O) groups is 1. The Morgan fingerprint density at radius 3 is 2.56 bits per heavy atom. The van der Waals surface area contributed by atoms with Crippen LogP contribution in [0.3, 0.4) is 0 Å². The Morgan fingerprint density at radius 1 is 1.07 bits per heavy atom. The first-order chi connectivity index (χ1) is 13.2. The van der Waals surface area contributed by atoms with E-state index >= 15 is 0 Å². The zero-order chi connectivity index (χ0) is 19.1. The molecule has 0 spiro atoms. The number of hydrogen-bond donors (Lipinski definition) is 0. The highest BCUT2D eigenvalue weighted by Crippen LogP contribution is 2.26. The van der Waals surface area contributed by atoms with Crippen LogP contribution in [0.15, 0.2) is 73.1 Å². The summed E-state index contributed by atoms with van der Waals surface area (Å²) >= 11 is 6.06. The number of carbonyl (C=O) groups excluding carboxylic acids is 1. The molecule has 0 radical (unpaired) electrons. The third-order valence-electron chi connectivity index (χ3n) is 4.60. The Labute approximate surface area is 165 Å². The van der Waals surface area contributed by atoms with Crippen LogP contribution >= 0.6 is 11.6 Å². The minimum Gasteiger partial charge on any atom is -0.490 e. The van der Waals surface area contributed by atoms with Gasteiger partial charge in [0.25, 0.3) is 0 Å². The van der Waals surface area contributed by atoms with Gasteiger partial charge in [-0.15, -0.1) is 0 Å². The Bertz CT molecular complexity index is 865. The first-order valence-electron chi connectivity index (χ1n) is 9.02. The summed E-state index contributed by atoms with van der Waals surface area (Å²) in [6.07, 6.45) is 5.91. The van der Waals surface area contributed by atoms with E-state index in [-0.39, 0.29) is 12.0 Å². The first-order valence-corrected chi connectivity index (χ1v) is 9.40. The number of aldehydes is 1. The molecule has 27 heavy (non-hydrogen) atoms. The van der Waals surface area contributed by atoms with Crippen molar-refractivity contribution in [1.82, 2.24) is 4.98 Å². The van der Waals surface area contributed by atoms with Gasteiger partial charge in [0.05, 0.1) is 5.92 Å². The molecule has 1 unspecified atom stereocenters. The molecule has 0 amide bonds. The summed E-state index contributed by atoms with van der Waals surface area (Å²) in [5, 5.41) is 0.712. The van der Waals surface area contributed by atoms with E-state index in [1.165, 1.54) is 0 Å². The summed E-state index contributed by atoms with van der Waals surface area (Å²) in [6.45, 7) is 1.94. The molecule has 0 N–H and O–H groups in total.